The van der Waals surface area contributed by atoms with Crippen molar-refractivity contribution < 1.29 is 13.2 Å². The zero-order chi connectivity index (χ0) is 10.6. The third-order valence-electron chi connectivity index (χ3n) is 2.14. The van der Waals surface area contributed by atoms with Crippen LogP contribution in [0.4, 0.5) is 0 Å². The molecule has 6 heteroatoms. The van der Waals surface area contributed by atoms with Crippen molar-refractivity contribution in [2.24, 2.45) is 0 Å². The third-order valence-corrected chi connectivity index (χ3v) is 3.95. The molecule has 0 aromatic rings. The first-order valence-corrected chi connectivity index (χ1v) is 5.99. The summed E-state index contributed by atoms with van der Waals surface area (Å²) in [7, 11) is -3.19. The molecular formula is C8H14N2O3S. The van der Waals surface area contributed by atoms with E-state index in [0.29, 0.717) is 26.2 Å². The Morgan fingerprint density at radius 2 is 1.79 bits per heavy atom. The van der Waals surface area contributed by atoms with Crippen LogP contribution in [0.3, 0.4) is 0 Å². The van der Waals surface area contributed by atoms with E-state index in [1.807, 2.05) is 0 Å². The summed E-state index contributed by atoms with van der Waals surface area (Å²) in [5.41, 5.74) is 0. The lowest BCUT2D eigenvalue weighted by molar-refractivity contribution is -0.119. The molecule has 0 spiro atoms. The monoisotopic (exact) mass is 218 g/mol. The fraction of sp³-hybridized carbons (Fsp3) is 0.625. The number of nitrogens with zero attached hydrogens (tertiary/aromatic N) is 2. The highest BCUT2D eigenvalue weighted by Crippen LogP contribution is 2.06. The van der Waals surface area contributed by atoms with Crippen LogP contribution >= 0.6 is 0 Å². The molecule has 0 aliphatic carbocycles. The molecule has 1 rings (SSSR count). The van der Waals surface area contributed by atoms with Crippen molar-refractivity contribution >= 4 is 16.4 Å². The lowest BCUT2D eigenvalue weighted by Crippen LogP contribution is -2.48. The summed E-state index contributed by atoms with van der Waals surface area (Å²) in [5, 5.41) is 0. The highest BCUT2D eigenvalue weighted by Gasteiger charge is 2.24. The second-order valence-electron chi connectivity index (χ2n) is 3.11. The Bertz CT molecular complexity index is 305. The van der Waals surface area contributed by atoms with Gasteiger partial charge in [0.25, 0.3) is 0 Å². The molecule has 0 unspecified atom stereocenters. The molecule has 0 bridgehead atoms. The van der Waals surface area contributed by atoms with Gasteiger partial charge in [0.1, 0.15) is 0 Å². The van der Waals surface area contributed by atoms with E-state index in [-0.39, 0.29) is 5.75 Å². The van der Waals surface area contributed by atoms with Crippen LogP contribution in [-0.2, 0) is 14.8 Å². The van der Waals surface area contributed by atoms with Crippen molar-refractivity contribution in [1.82, 2.24) is 9.21 Å². The third kappa shape index (κ3) is 2.55. The minimum atomic E-state index is -3.19. The predicted molar refractivity (Wildman–Crippen MR) is 53.2 cm³/mol. The minimum absolute atomic E-state index is 0.0336. The molecule has 0 aromatic heterocycles. The maximum atomic E-state index is 11.5. The zero-order valence-electron chi connectivity index (χ0n) is 7.92. The van der Waals surface area contributed by atoms with Crippen LogP contribution in [-0.4, -0.2) is 56.0 Å². The SMILES string of the molecule is C=CCS(=O)(=O)N1CCN(C=O)CC1. The fourth-order valence-corrected chi connectivity index (χ4v) is 2.57. The predicted octanol–water partition coefficient (Wildman–Crippen LogP) is -0.724. The second kappa shape index (κ2) is 4.56. The van der Waals surface area contributed by atoms with Gasteiger partial charge < -0.3 is 4.90 Å². The quantitative estimate of drug-likeness (QED) is 0.462. The van der Waals surface area contributed by atoms with Crippen LogP contribution in [0.1, 0.15) is 0 Å². The normalized spacial score (nSPS) is 19.3. The van der Waals surface area contributed by atoms with Gasteiger partial charge in [-0.1, -0.05) is 6.08 Å². The maximum absolute atomic E-state index is 11.5. The average molecular weight is 218 g/mol. The Morgan fingerprint density at radius 1 is 1.21 bits per heavy atom. The van der Waals surface area contributed by atoms with Gasteiger partial charge in [0.05, 0.1) is 5.75 Å². The first kappa shape index (κ1) is 11.2. The molecule has 0 N–H and O–H groups in total. The molecule has 1 fully saturated rings. The van der Waals surface area contributed by atoms with Crippen molar-refractivity contribution in [3.05, 3.63) is 12.7 Å². The summed E-state index contributed by atoms with van der Waals surface area (Å²) in [6.45, 7) is 5.11. The summed E-state index contributed by atoms with van der Waals surface area (Å²) in [6, 6.07) is 0. The Hall–Kier alpha value is -0.880. The van der Waals surface area contributed by atoms with Gasteiger partial charge in [0, 0.05) is 26.2 Å². The van der Waals surface area contributed by atoms with Crippen molar-refractivity contribution in [2.75, 3.05) is 31.9 Å². The van der Waals surface area contributed by atoms with Crippen LogP contribution in [0.2, 0.25) is 0 Å². The fourth-order valence-electron chi connectivity index (χ4n) is 1.34. The Morgan fingerprint density at radius 3 is 2.21 bits per heavy atom. The number of rotatable bonds is 4. The van der Waals surface area contributed by atoms with E-state index in [9.17, 15) is 13.2 Å². The Kier molecular flexibility index (Phi) is 3.65. The number of carbonyl (C=O) groups excluding carboxylic acids is 1. The highest BCUT2D eigenvalue weighted by molar-refractivity contribution is 7.89. The molecular weight excluding hydrogens is 204 g/mol. The molecule has 1 heterocycles. The van der Waals surface area contributed by atoms with Crippen LogP contribution in [0.15, 0.2) is 12.7 Å². The van der Waals surface area contributed by atoms with E-state index >= 15 is 0 Å². The van der Waals surface area contributed by atoms with E-state index in [1.54, 1.807) is 4.90 Å². The molecule has 1 saturated heterocycles. The number of sulfonamides is 1. The van der Waals surface area contributed by atoms with Crippen molar-refractivity contribution in [3.63, 3.8) is 0 Å². The lowest BCUT2D eigenvalue weighted by Gasteiger charge is -2.31. The first-order chi connectivity index (χ1) is 6.60. The van der Waals surface area contributed by atoms with Crippen molar-refractivity contribution in [2.45, 2.75) is 0 Å². The van der Waals surface area contributed by atoms with Gasteiger partial charge in [-0.3, -0.25) is 4.79 Å². The van der Waals surface area contributed by atoms with Gasteiger partial charge in [-0.25, -0.2) is 8.42 Å². The number of amides is 1. The number of carbonyl (C=O) groups is 1. The minimum Gasteiger partial charge on any atom is -0.343 e. The first-order valence-electron chi connectivity index (χ1n) is 4.38. The van der Waals surface area contributed by atoms with Gasteiger partial charge in [0.2, 0.25) is 16.4 Å². The molecule has 1 aliphatic heterocycles. The topological polar surface area (TPSA) is 57.7 Å². The van der Waals surface area contributed by atoms with Gasteiger partial charge >= 0.3 is 0 Å². The Balaban J connectivity index is 2.57. The van der Waals surface area contributed by atoms with E-state index < -0.39 is 10.0 Å². The number of piperazine rings is 1. The summed E-state index contributed by atoms with van der Waals surface area (Å²) >= 11 is 0. The maximum Gasteiger partial charge on any atom is 0.217 e. The summed E-state index contributed by atoms with van der Waals surface area (Å²) in [5.74, 6) is -0.0336. The van der Waals surface area contributed by atoms with Crippen LogP contribution in [0.25, 0.3) is 0 Å². The van der Waals surface area contributed by atoms with Crippen LogP contribution in [0.5, 0.6) is 0 Å². The summed E-state index contributed by atoms with van der Waals surface area (Å²) in [4.78, 5) is 12.0. The van der Waals surface area contributed by atoms with E-state index in [1.165, 1.54) is 10.4 Å². The largest absolute Gasteiger partial charge is 0.343 e. The second-order valence-corrected chi connectivity index (χ2v) is 5.12. The zero-order valence-corrected chi connectivity index (χ0v) is 8.74. The van der Waals surface area contributed by atoms with Crippen molar-refractivity contribution in [3.8, 4) is 0 Å². The lowest BCUT2D eigenvalue weighted by atomic mass is 10.4. The highest BCUT2D eigenvalue weighted by atomic mass is 32.2. The molecule has 0 aromatic carbocycles. The molecule has 0 radical (unpaired) electrons. The average Bonchev–Trinajstić information content (AvgIpc) is 2.18. The Labute approximate surface area is 84.0 Å². The van der Waals surface area contributed by atoms with Gasteiger partial charge in [-0.15, -0.1) is 6.58 Å². The molecule has 80 valence electrons. The van der Waals surface area contributed by atoms with E-state index in [4.69, 9.17) is 0 Å². The van der Waals surface area contributed by atoms with Gasteiger partial charge in [-0.2, -0.15) is 4.31 Å². The molecule has 1 aliphatic rings. The molecule has 5 nitrogen and oxygen atoms in total. The standard InChI is InChI=1S/C8H14N2O3S/c1-2-7-14(12,13)10-5-3-9(8-11)4-6-10/h2,8H,1,3-7H2. The van der Waals surface area contributed by atoms with Crippen LogP contribution in [0, 0.1) is 0 Å². The smallest absolute Gasteiger partial charge is 0.217 e. The van der Waals surface area contributed by atoms with E-state index in [0.717, 1.165) is 6.41 Å². The van der Waals surface area contributed by atoms with Crippen molar-refractivity contribution in [1.29, 1.82) is 0 Å². The molecule has 1 amide bonds. The van der Waals surface area contributed by atoms with E-state index in [2.05, 4.69) is 6.58 Å². The summed E-state index contributed by atoms with van der Waals surface area (Å²) in [6.07, 6.45) is 2.12. The van der Waals surface area contributed by atoms with Gasteiger partial charge in [-0.05, 0) is 0 Å². The number of hydrogen-bond acceptors (Lipinski definition) is 3. The number of hydrogen-bond donors (Lipinski definition) is 0. The molecule has 14 heavy (non-hydrogen) atoms. The molecule has 0 atom stereocenters. The molecule has 0 saturated carbocycles. The summed E-state index contributed by atoms with van der Waals surface area (Å²) < 4.78 is 24.5. The van der Waals surface area contributed by atoms with Gasteiger partial charge in [0.15, 0.2) is 0 Å². The van der Waals surface area contributed by atoms with Crippen LogP contribution < -0.4 is 0 Å².